The average Bonchev–Trinajstić information content (AvgIpc) is 2.48. The van der Waals surface area contributed by atoms with Crippen LogP contribution < -0.4 is 10.1 Å². The first-order valence-corrected chi connectivity index (χ1v) is 6.74. The van der Waals surface area contributed by atoms with Crippen LogP contribution in [0.25, 0.3) is 0 Å². The molecule has 22 heavy (non-hydrogen) atoms. The van der Waals surface area contributed by atoms with Crippen LogP contribution in [-0.2, 0) is 9.53 Å². The number of aliphatic hydroxyl groups is 3. The van der Waals surface area contributed by atoms with Gasteiger partial charge in [-0.05, 0) is 24.3 Å². The van der Waals surface area contributed by atoms with E-state index in [1.807, 2.05) is 0 Å². The van der Waals surface area contributed by atoms with Crippen LogP contribution in [0.4, 0.5) is 4.39 Å². The van der Waals surface area contributed by atoms with E-state index in [9.17, 15) is 24.5 Å². The maximum absolute atomic E-state index is 12.9. The molecule has 7 nitrogen and oxygen atoms in total. The van der Waals surface area contributed by atoms with Crippen LogP contribution in [0.3, 0.4) is 0 Å². The fraction of sp³-hybridized carbons (Fsp3) is 0.500. The summed E-state index contributed by atoms with van der Waals surface area (Å²) in [6.07, 6.45) is -4.98. The summed E-state index contributed by atoms with van der Waals surface area (Å²) >= 11 is 0. The predicted molar refractivity (Wildman–Crippen MR) is 72.4 cm³/mol. The van der Waals surface area contributed by atoms with Crippen molar-refractivity contribution in [3.8, 4) is 5.75 Å². The minimum atomic E-state index is -1.39. The molecular weight excluding hydrogens is 297 g/mol. The molecule has 1 aliphatic rings. The molecule has 0 aromatic heterocycles. The van der Waals surface area contributed by atoms with Gasteiger partial charge in [0.15, 0.2) is 0 Å². The summed E-state index contributed by atoms with van der Waals surface area (Å²) in [7, 11) is 0. The molecular formula is C14H18FNO6. The summed E-state index contributed by atoms with van der Waals surface area (Å²) in [5.41, 5.74) is 0. The van der Waals surface area contributed by atoms with E-state index in [1.54, 1.807) is 0 Å². The third kappa shape index (κ3) is 3.72. The molecule has 1 saturated heterocycles. The van der Waals surface area contributed by atoms with Crippen molar-refractivity contribution in [3.63, 3.8) is 0 Å². The lowest BCUT2D eigenvalue weighted by atomic mass is 9.97. The number of hydrogen-bond acceptors (Lipinski definition) is 6. The minimum Gasteiger partial charge on any atom is -0.463 e. The number of aliphatic hydroxyl groups excluding tert-OH is 3. The number of benzene rings is 1. The third-order valence-electron chi connectivity index (χ3n) is 3.32. The standard InChI is InChI=1S/C14H18FNO6/c1-7(18)16-11-13(20)12(19)10(6-17)22-14(11)21-9-4-2-8(15)3-5-9/h2-5,10-14,17,19-20H,6H2,1H3,(H,16,18)/t10-,11-,12-,13-,14-/m1/s1. The molecule has 0 saturated carbocycles. The second-order valence-electron chi connectivity index (χ2n) is 5.00. The van der Waals surface area contributed by atoms with E-state index in [2.05, 4.69) is 5.32 Å². The topological polar surface area (TPSA) is 108 Å². The number of carbonyl (C=O) groups is 1. The normalized spacial score (nSPS) is 31.6. The molecule has 0 radical (unpaired) electrons. The average molecular weight is 315 g/mol. The number of carbonyl (C=O) groups excluding carboxylic acids is 1. The quantitative estimate of drug-likeness (QED) is 0.576. The smallest absolute Gasteiger partial charge is 0.223 e. The van der Waals surface area contributed by atoms with Crippen molar-refractivity contribution in [3.05, 3.63) is 30.1 Å². The van der Waals surface area contributed by atoms with E-state index in [0.717, 1.165) is 0 Å². The molecule has 1 fully saturated rings. The Kier molecular flexibility index (Phi) is 5.30. The van der Waals surface area contributed by atoms with Gasteiger partial charge in [0.25, 0.3) is 0 Å². The number of hydrogen-bond donors (Lipinski definition) is 4. The largest absolute Gasteiger partial charge is 0.463 e. The fourth-order valence-corrected chi connectivity index (χ4v) is 2.22. The highest BCUT2D eigenvalue weighted by atomic mass is 19.1. The number of ether oxygens (including phenoxy) is 2. The molecule has 0 unspecified atom stereocenters. The Morgan fingerprint density at radius 1 is 1.32 bits per heavy atom. The number of rotatable bonds is 4. The second-order valence-corrected chi connectivity index (χ2v) is 5.00. The Balaban J connectivity index is 2.18. The molecule has 122 valence electrons. The number of amides is 1. The molecule has 1 aromatic carbocycles. The number of halogens is 1. The van der Waals surface area contributed by atoms with Crippen LogP contribution >= 0.6 is 0 Å². The van der Waals surface area contributed by atoms with Crippen molar-refractivity contribution in [2.45, 2.75) is 37.6 Å². The van der Waals surface area contributed by atoms with Gasteiger partial charge in [-0.15, -0.1) is 0 Å². The summed E-state index contributed by atoms with van der Waals surface area (Å²) in [6, 6.07) is 4.03. The molecule has 4 N–H and O–H groups in total. The lowest BCUT2D eigenvalue weighted by molar-refractivity contribution is -0.244. The highest BCUT2D eigenvalue weighted by molar-refractivity contribution is 5.73. The van der Waals surface area contributed by atoms with Crippen LogP contribution in [-0.4, -0.2) is 58.5 Å². The molecule has 1 heterocycles. The van der Waals surface area contributed by atoms with Crippen molar-refractivity contribution in [1.29, 1.82) is 0 Å². The molecule has 0 aliphatic carbocycles. The Morgan fingerprint density at radius 2 is 1.95 bits per heavy atom. The SMILES string of the molecule is CC(=O)N[C@H]1[C@H](Oc2ccc(F)cc2)O[C@H](CO)[C@@H](O)[C@@H]1O. The van der Waals surface area contributed by atoms with Crippen LogP contribution in [0, 0.1) is 5.82 Å². The Labute approximate surface area is 126 Å². The van der Waals surface area contributed by atoms with Crippen LogP contribution in [0.1, 0.15) is 6.92 Å². The zero-order valence-electron chi connectivity index (χ0n) is 11.8. The summed E-state index contributed by atoms with van der Waals surface area (Å²) in [5, 5.41) is 31.5. The summed E-state index contributed by atoms with van der Waals surface area (Å²) < 4.78 is 23.8. The van der Waals surface area contributed by atoms with E-state index >= 15 is 0 Å². The van der Waals surface area contributed by atoms with Crippen molar-refractivity contribution < 1.29 is 34.0 Å². The first-order chi connectivity index (χ1) is 10.4. The predicted octanol–water partition coefficient (Wildman–Crippen LogP) is -0.852. The molecule has 1 aromatic rings. The molecule has 0 bridgehead atoms. The van der Waals surface area contributed by atoms with Gasteiger partial charge < -0.3 is 30.1 Å². The van der Waals surface area contributed by atoms with Crippen molar-refractivity contribution in [1.82, 2.24) is 5.32 Å². The maximum atomic E-state index is 12.9. The van der Waals surface area contributed by atoms with Gasteiger partial charge in [0.05, 0.1) is 6.61 Å². The Hall–Kier alpha value is -1.74. The fourth-order valence-electron chi connectivity index (χ4n) is 2.22. The molecule has 1 amide bonds. The van der Waals surface area contributed by atoms with Crippen molar-refractivity contribution in [2.24, 2.45) is 0 Å². The van der Waals surface area contributed by atoms with Gasteiger partial charge in [-0.3, -0.25) is 4.79 Å². The van der Waals surface area contributed by atoms with Gasteiger partial charge in [-0.1, -0.05) is 0 Å². The van der Waals surface area contributed by atoms with Gasteiger partial charge in [-0.2, -0.15) is 0 Å². The maximum Gasteiger partial charge on any atom is 0.223 e. The van der Waals surface area contributed by atoms with Crippen molar-refractivity contribution >= 4 is 5.91 Å². The van der Waals surface area contributed by atoms with Crippen LogP contribution in [0.2, 0.25) is 0 Å². The first kappa shape index (κ1) is 16.6. The Morgan fingerprint density at radius 3 is 2.50 bits per heavy atom. The summed E-state index contributed by atoms with van der Waals surface area (Å²) in [4.78, 5) is 11.2. The van der Waals surface area contributed by atoms with Crippen LogP contribution in [0.5, 0.6) is 5.75 Å². The van der Waals surface area contributed by atoms with E-state index in [-0.39, 0.29) is 5.75 Å². The monoisotopic (exact) mass is 315 g/mol. The molecule has 1 aliphatic heterocycles. The molecule has 5 atom stereocenters. The van der Waals surface area contributed by atoms with Gasteiger partial charge >= 0.3 is 0 Å². The molecule has 8 heteroatoms. The first-order valence-electron chi connectivity index (χ1n) is 6.74. The van der Waals surface area contributed by atoms with E-state index in [1.165, 1.54) is 31.2 Å². The van der Waals surface area contributed by atoms with E-state index in [0.29, 0.717) is 0 Å². The lowest BCUT2D eigenvalue weighted by Crippen LogP contribution is -2.65. The van der Waals surface area contributed by atoms with Gasteiger partial charge in [0.1, 0.15) is 35.9 Å². The summed E-state index contributed by atoms with van der Waals surface area (Å²) in [5.74, 6) is -0.643. The minimum absolute atomic E-state index is 0.252. The Bertz CT molecular complexity index is 511. The molecule has 2 rings (SSSR count). The third-order valence-corrected chi connectivity index (χ3v) is 3.32. The molecule has 0 spiro atoms. The van der Waals surface area contributed by atoms with Gasteiger partial charge in [0.2, 0.25) is 12.2 Å². The summed E-state index contributed by atoms with van der Waals surface area (Å²) in [6.45, 7) is 0.709. The highest BCUT2D eigenvalue weighted by Gasteiger charge is 2.46. The van der Waals surface area contributed by atoms with Gasteiger partial charge in [0, 0.05) is 6.92 Å². The number of nitrogens with one attached hydrogen (secondary N) is 1. The van der Waals surface area contributed by atoms with Crippen molar-refractivity contribution in [2.75, 3.05) is 6.61 Å². The highest BCUT2D eigenvalue weighted by Crippen LogP contribution is 2.24. The zero-order valence-corrected chi connectivity index (χ0v) is 11.8. The zero-order chi connectivity index (χ0) is 16.3. The lowest BCUT2D eigenvalue weighted by Gasteiger charge is -2.42. The van der Waals surface area contributed by atoms with Crippen LogP contribution in [0.15, 0.2) is 24.3 Å². The van der Waals surface area contributed by atoms with Gasteiger partial charge in [-0.25, -0.2) is 4.39 Å². The van der Waals surface area contributed by atoms with E-state index in [4.69, 9.17) is 9.47 Å². The van der Waals surface area contributed by atoms with E-state index < -0.39 is 49.0 Å². The second kappa shape index (κ2) is 7.01.